The van der Waals surface area contributed by atoms with Crippen molar-refractivity contribution in [2.24, 2.45) is 0 Å². The van der Waals surface area contributed by atoms with Crippen molar-refractivity contribution in [3.63, 3.8) is 0 Å². The smallest absolute Gasteiger partial charge is 0.0474 e. The van der Waals surface area contributed by atoms with E-state index >= 15 is 0 Å². The van der Waals surface area contributed by atoms with Crippen molar-refractivity contribution in [3.8, 4) is 10.4 Å². The molecular formula is C11H9ClS. The summed E-state index contributed by atoms with van der Waals surface area (Å²) in [5, 5.41) is 2.09. The average Bonchev–Trinajstić information content (AvgIpc) is 2.71. The Morgan fingerprint density at radius 1 is 1.08 bits per heavy atom. The second-order valence-electron chi connectivity index (χ2n) is 2.81. The quantitative estimate of drug-likeness (QED) is 0.651. The Labute approximate surface area is 86.8 Å². The zero-order chi connectivity index (χ0) is 9.10. The van der Waals surface area contributed by atoms with E-state index < -0.39 is 0 Å². The van der Waals surface area contributed by atoms with Crippen LogP contribution in [0.2, 0.25) is 0 Å². The summed E-state index contributed by atoms with van der Waals surface area (Å²) < 4.78 is 0. The van der Waals surface area contributed by atoms with E-state index in [-0.39, 0.29) is 0 Å². The van der Waals surface area contributed by atoms with Gasteiger partial charge in [0.05, 0.1) is 0 Å². The van der Waals surface area contributed by atoms with Gasteiger partial charge in [-0.1, -0.05) is 30.3 Å². The Balaban J connectivity index is 2.33. The van der Waals surface area contributed by atoms with Crippen LogP contribution >= 0.6 is 22.9 Å². The standard InChI is InChI=1S/C11H9ClS/c12-8-9-3-5-10(6-4-9)11-2-1-7-13-11/h1-7H,8H2. The molecule has 0 radical (unpaired) electrons. The summed E-state index contributed by atoms with van der Waals surface area (Å²) in [6, 6.07) is 12.6. The number of halogens is 1. The van der Waals surface area contributed by atoms with Crippen molar-refractivity contribution in [1.29, 1.82) is 0 Å². The highest BCUT2D eigenvalue weighted by Crippen LogP contribution is 2.24. The highest BCUT2D eigenvalue weighted by molar-refractivity contribution is 7.13. The molecule has 1 heterocycles. The fraction of sp³-hybridized carbons (Fsp3) is 0.0909. The van der Waals surface area contributed by atoms with Crippen LogP contribution in [0.1, 0.15) is 5.56 Å². The van der Waals surface area contributed by atoms with Gasteiger partial charge in [-0.2, -0.15) is 0 Å². The Morgan fingerprint density at radius 3 is 2.38 bits per heavy atom. The van der Waals surface area contributed by atoms with Gasteiger partial charge in [-0.25, -0.2) is 0 Å². The summed E-state index contributed by atoms with van der Waals surface area (Å²) in [7, 11) is 0. The molecule has 0 atom stereocenters. The van der Waals surface area contributed by atoms with Gasteiger partial charge < -0.3 is 0 Å². The van der Waals surface area contributed by atoms with Crippen LogP contribution in [0, 0.1) is 0 Å². The molecule has 66 valence electrons. The van der Waals surface area contributed by atoms with E-state index in [1.165, 1.54) is 16.0 Å². The number of benzene rings is 1. The normalized spacial score (nSPS) is 10.2. The van der Waals surface area contributed by atoms with Gasteiger partial charge in [0.1, 0.15) is 0 Å². The zero-order valence-electron chi connectivity index (χ0n) is 7.03. The van der Waals surface area contributed by atoms with Crippen LogP contribution in [-0.4, -0.2) is 0 Å². The average molecular weight is 209 g/mol. The molecule has 0 unspecified atom stereocenters. The molecule has 1 aromatic carbocycles. The van der Waals surface area contributed by atoms with Crippen molar-refractivity contribution in [1.82, 2.24) is 0 Å². The molecule has 2 rings (SSSR count). The van der Waals surface area contributed by atoms with Gasteiger partial charge in [-0.15, -0.1) is 22.9 Å². The van der Waals surface area contributed by atoms with Crippen LogP contribution in [0.5, 0.6) is 0 Å². The fourth-order valence-corrected chi connectivity index (χ4v) is 2.11. The van der Waals surface area contributed by atoms with E-state index in [1.54, 1.807) is 11.3 Å². The first-order chi connectivity index (χ1) is 6.40. The lowest BCUT2D eigenvalue weighted by Crippen LogP contribution is -1.77. The first-order valence-electron chi connectivity index (χ1n) is 4.09. The first-order valence-corrected chi connectivity index (χ1v) is 5.50. The minimum atomic E-state index is 0.588. The van der Waals surface area contributed by atoms with Crippen molar-refractivity contribution in [2.45, 2.75) is 5.88 Å². The lowest BCUT2D eigenvalue weighted by molar-refractivity contribution is 1.41. The maximum atomic E-state index is 5.71. The molecule has 0 nitrogen and oxygen atoms in total. The number of hydrogen-bond acceptors (Lipinski definition) is 1. The maximum Gasteiger partial charge on any atom is 0.0474 e. The highest BCUT2D eigenvalue weighted by Gasteiger charge is 1.97. The zero-order valence-corrected chi connectivity index (χ0v) is 8.61. The Bertz CT molecular complexity index is 361. The van der Waals surface area contributed by atoms with Gasteiger partial charge >= 0.3 is 0 Å². The molecule has 0 spiro atoms. The van der Waals surface area contributed by atoms with E-state index in [0.717, 1.165) is 0 Å². The molecular weight excluding hydrogens is 200 g/mol. The Kier molecular flexibility index (Phi) is 2.67. The van der Waals surface area contributed by atoms with Crippen LogP contribution in [-0.2, 0) is 5.88 Å². The number of rotatable bonds is 2. The maximum absolute atomic E-state index is 5.71. The minimum absolute atomic E-state index is 0.588. The van der Waals surface area contributed by atoms with Gasteiger partial charge in [0.25, 0.3) is 0 Å². The molecule has 0 N–H and O–H groups in total. The molecule has 0 saturated carbocycles. The van der Waals surface area contributed by atoms with Crippen LogP contribution in [0.4, 0.5) is 0 Å². The lowest BCUT2D eigenvalue weighted by Gasteiger charge is -1.98. The molecule has 2 aromatic rings. The molecule has 0 aliphatic rings. The molecule has 2 heteroatoms. The first kappa shape index (κ1) is 8.79. The molecule has 0 saturated heterocycles. The lowest BCUT2D eigenvalue weighted by atomic mass is 10.1. The van der Waals surface area contributed by atoms with Crippen LogP contribution < -0.4 is 0 Å². The van der Waals surface area contributed by atoms with E-state index in [1.807, 2.05) is 0 Å². The summed E-state index contributed by atoms with van der Waals surface area (Å²) in [5.41, 5.74) is 2.44. The van der Waals surface area contributed by atoms with Crippen LogP contribution in [0.3, 0.4) is 0 Å². The van der Waals surface area contributed by atoms with Gasteiger partial charge in [-0.3, -0.25) is 0 Å². The summed E-state index contributed by atoms with van der Waals surface area (Å²) >= 11 is 7.46. The third kappa shape index (κ3) is 1.93. The van der Waals surface area contributed by atoms with Crippen molar-refractivity contribution in [2.75, 3.05) is 0 Å². The predicted molar refractivity (Wildman–Crippen MR) is 59.3 cm³/mol. The van der Waals surface area contributed by atoms with Gasteiger partial charge in [0.2, 0.25) is 0 Å². The monoisotopic (exact) mass is 208 g/mol. The second kappa shape index (κ2) is 3.95. The van der Waals surface area contributed by atoms with E-state index in [2.05, 4.69) is 41.8 Å². The second-order valence-corrected chi connectivity index (χ2v) is 4.02. The fourth-order valence-electron chi connectivity index (χ4n) is 1.20. The molecule has 0 fully saturated rings. The summed E-state index contributed by atoms with van der Waals surface area (Å²) in [5.74, 6) is 0.588. The van der Waals surface area contributed by atoms with Gasteiger partial charge in [0, 0.05) is 10.8 Å². The summed E-state index contributed by atoms with van der Waals surface area (Å²) in [6.45, 7) is 0. The molecule has 1 aromatic heterocycles. The number of thiophene rings is 1. The summed E-state index contributed by atoms with van der Waals surface area (Å²) in [4.78, 5) is 1.31. The Hall–Kier alpha value is -0.790. The number of alkyl halides is 1. The van der Waals surface area contributed by atoms with Crippen LogP contribution in [0.15, 0.2) is 41.8 Å². The minimum Gasteiger partial charge on any atom is -0.144 e. The summed E-state index contributed by atoms with van der Waals surface area (Å²) in [6.07, 6.45) is 0. The third-order valence-corrected chi connectivity index (χ3v) is 3.14. The van der Waals surface area contributed by atoms with Gasteiger partial charge in [-0.05, 0) is 22.6 Å². The SMILES string of the molecule is ClCc1ccc(-c2cccs2)cc1. The predicted octanol–water partition coefficient (Wildman–Crippen LogP) is 4.15. The number of hydrogen-bond donors (Lipinski definition) is 0. The molecule has 0 aliphatic carbocycles. The molecule has 0 amide bonds. The molecule has 13 heavy (non-hydrogen) atoms. The molecule has 0 bridgehead atoms. The van der Waals surface area contributed by atoms with E-state index in [0.29, 0.717) is 5.88 Å². The molecule has 0 aliphatic heterocycles. The largest absolute Gasteiger partial charge is 0.144 e. The van der Waals surface area contributed by atoms with Crippen molar-refractivity contribution < 1.29 is 0 Å². The van der Waals surface area contributed by atoms with Gasteiger partial charge in [0.15, 0.2) is 0 Å². The van der Waals surface area contributed by atoms with E-state index in [4.69, 9.17) is 11.6 Å². The third-order valence-electron chi connectivity index (χ3n) is 1.91. The van der Waals surface area contributed by atoms with Crippen molar-refractivity contribution >= 4 is 22.9 Å². The van der Waals surface area contributed by atoms with Crippen LogP contribution in [0.25, 0.3) is 10.4 Å². The van der Waals surface area contributed by atoms with E-state index in [9.17, 15) is 0 Å². The Morgan fingerprint density at radius 2 is 1.85 bits per heavy atom. The topological polar surface area (TPSA) is 0 Å². The van der Waals surface area contributed by atoms with Crippen molar-refractivity contribution in [3.05, 3.63) is 47.3 Å². The highest BCUT2D eigenvalue weighted by atomic mass is 35.5.